The first kappa shape index (κ1) is 13.2. The zero-order chi connectivity index (χ0) is 13.1. The van der Waals surface area contributed by atoms with Gasteiger partial charge in [0, 0.05) is 13.1 Å². The van der Waals surface area contributed by atoms with Crippen molar-refractivity contribution in [2.75, 3.05) is 12.4 Å². The molecule has 0 radical (unpaired) electrons. The van der Waals surface area contributed by atoms with E-state index in [0.717, 1.165) is 0 Å². The lowest BCUT2D eigenvalue weighted by Crippen LogP contribution is -1.98. The Kier molecular flexibility index (Phi) is 4.13. The van der Waals surface area contributed by atoms with E-state index in [1.165, 1.54) is 12.1 Å². The second-order valence-electron chi connectivity index (χ2n) is 3.27. The van der Waals surface area contributed by atoms with Crippen LogP contribution in [0, 0.1) is 5.82 Å². The highest BCUT2D eigenvalue weighted by molar-refractivity contribution is 9.11. The average molecular weight is 377 g/mol. The molecule has 0 aliphatic heterocycles. The summed E-state index contributed by atoms with van der Waals surface area (Å²) < 4.78 is 19.9. The van der Waals surface area contributed by atoms with E-state index in [1.54, 1.807) is 19.3 Å². The molecule has 2 rings (SSSR count). The monoisotopic (exact) mass is 375 g/mol. The van der Waals surface area contributed by atoms with Crippen molar-refractivity contribution in [1.29, 1.82) is 0 Å². The topological polar surface area (TPSA) is 47.0 Å². The molecule has 0 aliphatic carbocycles. The Morgan fingerprint density at radius 2 is 2.06 bits per heavy atom. The van der Waals surface area contributed by atoms with E-state index in [-0.39, 0.29) is 5.82 Å². The summed E-state index contributed by atoms with van der Waals surface area (Å²) in [5.41, 5.74) is 0. The fraction of sp³-hybridized carbons (Fsp3) is 0.0909. The number of nitrogens with zero attached hydrogens (tertiary/aromatic N) is 2. The highest BCUT2D eigenvalue weighted by Gasteiger charge is 2.10. The van der Waals surface area contributed by atoms with E-state index in [9.17, 15) is 4.39 Å². The minimum absolute atomic E-state index is 0.306. The third-order valence-electron chi connectivity index (χ3n) is 2.04. The van der Waals surface area contributed by atoms with Gasteiger partial charge in [0.1, 0.15) is 11.6 Å². The Morgan fingerprint density at radius 3 is 2.78 bits per heavy atom. The normalized spacial score (nSPS) is 10.2. The minimum Gasteiger partial charge on any atom is -0.436 e. The van der Waals surface area contributed by atoms with E-state index >= 15 is 0 Å². The summed E-state index contributed by atoms with van der Waals surface area (Å²) in [7, 11) is 1.70. The second kappa shape index (κ2) is 5.62. The molecule has 1 N–H and O–H groups in total. The quantitative estimate of drug-likeness (QED) is 0.880. The number of benzene rings is 1. The fourth-order valence-electron chi connectivity index (χ4n) is 1.20. The Hall–Kier alpha value is -1.21. The summed E-state index contributed by atoms with van der Waals surface area (Å²) in [5.74, 6) is 0.685. The molecule has 1 aromatic heterocycles. The molecule has 0 saturated heterocycles. The van der Waals surface area contributed by atoms with Crippen LogP contribution < -0.4 is 10.1 Å². The number of rotatable bonds is 3. The van der Waals surface area contributed by atoms with Crippen molar-refractivity contribution in [2.45, 2.75) is 0 Å². The fourth-order valence-corrected chi connectivity index (χ4v) is 1.80. The van der Waals surface area contributed by atoms with Crippen molar-refractivity contribution < 1.29 is 9.13 Å². The molecule has 1 aromatic carbocycles. The molecule has 7 heteroatoms. The van der Waals surface area contributed by atoms with Gasteiger partial charge in [0.2, 0.25) is 11.8 Å². The van der Waals surface area contributed by atoms with Gasteiger partial charge in [-0.25, -0.2) is 9.37 Å². The number of nitrogens with one attached hydrogen (secondary N) is 1. The lowest BCUT2D eigenvalue weighted by molar-refractivity contribution is 0.451. The highest BCUT2D eigenvalue weighted by atomic mass is 79.9. The van der Waals surface area contributed by atoms with Crippen molar-refractivity contribution in [3.8, 4) is 11.6 Å². The Bertz CT molecular complexity index is 580. The smallest absolute Gasteiger partial charge is 0.238 e. The molecular weight excluding hydrogens is 369 g/mol. The van der Waals surface area contributed by atoms with E-state index in [2.05, 4.69) is 47.1 Å². The van der Waals surface area contributed by atoms with Gasteiger partial charge in [-0.1, -0.05) is 0 Å². The Balaban J connectivity index is 2.36. The molecule has 0 fully saturated rings. The van der Waals surface area contributed by atoms with E-state index < -0.39 is 0 Å². The van der Waals surface area contributed by atoms with Gasteiger partial charge in [-0.2, -0.15) is 4.98 Å². The van der Waals surface area contributed by atoms with Gasteiger partial charge in [0.25, 0.3) is 0 Å². The predicted octanol–water partition coefficient (Wildman–Crippen LogP) is 3.97. The van der Waals surface area contributed by atoms with Gasteiger partial charge < -0.3 is 10.1 Å². The maximum absolute atomic E-state index is 13.1. The first-order chi connectivity index (χ1) is 8.60. The van der Waals surface area contributed by atoms with Crippen LogP contribution in [-0.2, 0) is 0 Å². The third-order valence-corrected chi connectivity index (χ3v) is 3.23. The van der Waals surface area contributed by atoms with Gasteiger partial charge in [0.15, 0.2) is 0 Å². The van der Waals surface area contributed by atoms with Crippen LogP contribution in [0.4, 0.5) is 10.3 Å². The number of hydrogen-bond acceptors (Lipinski definition) is 4. The molecule has 0 saturated carbocycles. The maximum atomic E-state index is 13.1. The van der Waals surface area contributed by atoms with Crippen LogP contribution in [0.5, 0.6) is 11.6 Å². The molecule has 2 aromatic rings. The lowest BCUT2D eigenvalue weighted by atomic mass is 10.3. The van der Waals surface area contributed by atoms with E-state index in [0.29, 0.717) is 26.5 Å². The molecule has 0 atom stereocenters. The van der Waals surface area contributed by atoms with Crippen LogP contribution in [0.2, 0.25) is 0 Å². The number of ether oxygens (including phenoxy) is 1. The van der Waals surface area contributed by atoms with Gasteiger partial charge in [-0.05, 0) is 44.0 Å². The molecule has 94 valence electrons. The lowest BCUT2D eigenvalue weighted by Gasteiger charge is -2.09. The van der Waals surface area contributed by atoms with Crippen molar-refractivity contribution >= 4 is 37.8 Å². The zero-order valence-electron chi connectivity index (χ0n) is 9.25. The highest BCUT2D eigenvalue weighted by Crippen LogP contribution is 2.33. The minimum atomic E-state index is -0.382. The van der Waals surface area contributed by atoms with E-state index in [4.69, 9.17) is 4.74 Å². The number of anilines is 1. The SMILES string of the molecule is CNc1ncc(Br)c(Oc2cc(F)ccc2Br)n1. The summed E-state index contributed by atoms with van der Waals surface area (Å²) in [4.78, 5) is 8.13. The van der Waals surface area contributed by atoms with Gasteiger partial charge >= 0.3 is 0 Å². The van der Waals surface area contributed by atoms with Crippen LogP contribution >= 0.6 is 31.9 Å². The third kappa shape index (κ3) is 2.97. The van der Waals surface area contributed by atoms with Crippen LogP contribution in [0.1, 0.15) is 0 Å². The predicted molar refractivity (Wildman–Crippen MR) is 73.5 cm³/mol. The van der Waals surface area contributed by atoms with Crippen LogP contribution in [-0.4, -0.2) is 17.0 Å². The second-order valence-corrected chi connectivity index (χ2v) is 4.98. The van der Waals surface area contributed by atoms with Gasteiger partial charge in [-0.15, -0.1) is 0 Å². The first-order valence-electron chi connectivity index (χ1n) is 4.93. The molecule has 0 spiro atoms. The largest absolute Gasteiger partial charge is 0.436 e. The average Bonchev–Trinajstić information content (AvgIpc) is 2.36. The molecule has 1 heterocycles. The molecule has 0 bridgehead atoms. The Labute approximate surface area is 120 Å². The molecule has 4 nitrogen and oxygen atoms in total. The van der Waals surface area contributed by atoms with Gasteiger partial charge in [0.05, 0.1) is 15.1 Å². The van der Waals surface area contributed by atoms with E-state index in [1.807, 2.05) is 0 Å². The van der Waals surface area contributed by atoms with Crippen LogP contribution in [0.3, 0.4) is 0 Å². The van der Waals surface area contributed by atoms with Crippen LogP contribution in [0.25, 0.3) is 0 Å². The zero-order valence-corrected chi connectivity index (χ0v) is 12.4. The van der Waals surface area contributed by atoms with Crippen molar-refractivity contribution in [2.24, 2.45) is 0 Å². The first-order valence-corrected chi connectivity index (χ1v) is 6.52. The summed E-state index contributed by atoms with van der Waals surface area (Å²) in [6.07, 6.45) is 1.56. The summed E-state index contributed by atoms with van der Waals surface area (Å²) >= 11 is 6.56. The molecule has 18 heavy (non-hydrogen) atoms. The molecule has 0 aliphatic rings. The summed E-state index contributed by atoms with van der Waals surface area (Å²) in [6.45, 7) is 0. The van der Waals surface area contributed by atoms with Crippen molar-refractivity contribution in [3.63, 3.8) is 0 Å². The van der Waals surface area contributed by atoms with Crippen LogP contribution in [0.15, 0.2) is 33.3 Å². The number of hydrogen-bond donors (Lipinski definition) is 1. The maximum Gasteiger partial charge on any atom is 0.238 e. The standard InChI is InChI=1S/C11H8Br2FN3O/c1-15-11-16-5-8(13)10(17-11)18-9-4-6(14)2-3-7(9)12/h2-5H,1H3,(H,15,16,17). The van der Waals surface area contributed by atoms with Crippen molar-refractivity contribution in [3.05, 3.63) is 39.2 Å². The summed E-state index contributed by atoms with van der Waals surface area (Å²) in [6, 6.07) is 4.18. The molecule has 0 unspecified atom stereocenters. The number of aromatic nitrogens is 2. The molecule has 0 amide bonds. The van der Waals surface area contributed by atoms with Crippen molar-refractivity contribution in [1.82, 2.24) is 9.97 Å². The number of halogens is 3. The Morgan fingerprint density at radius 1 is 1.28 bits per heavy atom. The van der Waals surface area contributed by atoms with Gasteiger partial charge in [-0.3, -0.25) is 0 Å². The molecular formula is C11H8Br2FN3O. The summed E-state index contributed by atoms with van der Waals surface area (Å²) in [5, 5.41) is 2.80.